The van der Waals surface area contributed by atoms with E-state index in [0.717, 1.165) is 12.5 Å². The van der Waals surface area contributed by atoms with Gasteiger partial charge in [0, 0.05) is 23.3 Å². The average Bonchev–Trinajstić information content (AvgIpc) is 2.40. The van der Waals surface area contributed by atoms with Gasteiger partial charge < -0.3 is 10.6 Å². The van der Waals surface area contributed by atoms with E-state index in [1.165, 1.54) is 0 Å². The fourth-order valence-corrected chi connectivity index (χ4v) is 1.81. The second kappa shape index (κ2) is 6.52. The molecule has 2 aromatic rings. The van der Waals surface area contributed by atoms with Crippen molar-refractivity contribution in [2.75, 3.05) is 17.2 Å². The van der Waals surface area contributed by atoms with Crippen molar-refractivity contribution in [3.05, 3.63) is 47.0 Å². The Morgan fingerprint density at radius 3 is 2.60 bits per heavy atom. The van der Waals surface area contributed by atoms with Crippen molar-refractivity contribution < 1.29 is 8.78 Å². The molecule has 1 aromatic carbocycles. The summed E-state index contributed by atoms with van der Waals surface area (Å²) in [4.78, 5) is 3.92. The summed E-state index contributed by atoms with van der Waals surface area (Å²) in [5, 5.41) is 6.10. The molecule has 0 aliphatic rings. The minimum atomic E-state index is -0.760. The number of pyridine rings is 1. The van der Waals surface area contributed by atoms with E-state index >= 15 is 0 Å². The Hall–Kier alpha value is -1.88. The molecule has 0 aliphatic heterocycles. The van der Waals surface area contributed by atoms with Gasteiger partial charge in [0.1, 0.15) is 0 Å². The van der Waals surface area contributed by atoms with Crippen molar-refractivity contribution >= 4 is 28.9 Å². The number of rotatable bonds is 5. The first-order chi connectivity index (χ1) is 9.60. The van der Waals surface area contributed by atoms with E-state index in [1.807, 2.05) is 6.92 Å². The van der Waals surface area contributed by atoms with E-state index in [0.29, 0.717) is 17.3 Å². The molecular formula is C14H14ClF2N3. The number of hydrogen-bond donors (Lipinski definition) is 2. The molecule has 0 aliphatic carbocycles. The second-order valence-corrected chi connectivity index (χ2v) is 4.65. The van der Waals surface area contributed by atoms with Gasteiger partial charge in [0.2, 0.25) is 0 Å². The predicted octanol–water partition coefficient (Wildman–Crippen LogP) is 4.58. The fourth-order valence-electron chi connectivity index (χ4n) is 1.62. The first kappa shape index (κ1) is 14.5. The number of nitrogens with one attached hydrogen (secondary N) is 2. The summed E-state index contributed by atoms with van der Waals surface area (Å²) in [5.74, 6) is -1.50. The molecule has 6 heteroatoms. The van der Waals surface area contributed by atoms with Gasteiger partial charge in [0.25, 0.3) is 0 Å². The lowest BCUT2D eigenvalue weighted by atomic mass is 10.3. The third-order valence-corrected chi connectivity index (χ3v) is 2.79. The third-order valence-electron chi connectivity index (χ3n) is 2.56. The Bertz CT molecular complexity index is 605. The summed E-state index contributed by atoms with van der Waals surface area (Å²) in [7, 11) is 0. The molecule has 106 valence electrons. The Balaban J connectivity index is 2.26. The summed E-state index contributed by atoms with van der Waals surface area (Å²) in [6.45, 7) is 2.51. The van der Waals surface area contributed by atoms with Gasteiger partial charge in [-0.25, -0.2) is 13.8 Å². The maximum Gasteiger partial charge on any atom is 0.169 e. The zero-order valence-corrected chi connectivity index (χ0v) is 11.6. The lowest BCUT2D eigenvalue weighted by molar-refractivity contribution is 0.579. The standard InChI is InChI=1S/C14H14ClF2N3/c1-2-6-18-13-11(16)8-12(17)14(20-13)19-10-5-3-4-9(15)7-10/h3-5,7-8H,2,6H2,1H3,(H2,18,19,20). The van der Waals surface area contributed by atoms with Crippen LogP contribution in [0.15, 0.2) is 30.3 Å². The van der Waals surface area contributed by atoms with Crippen LogP contribution in [0.4, 0.5) is 26.1 Å². The normalized spacial score (nSPS) is 10.4. The Morgan fingerprint density at radius 2 is 1.90 bits per heavy atom. The van der Waals surface area contributed by atoms with Gasteiger partial charge in [-0.3, -0.25) is 0 Å². The zero-order valence-electron chi connectivity index (χ0n) is 10.9. The highest BCUT2D eigenvalue weighted by Crippen LogP contribution is 2.24. The molecule has 0 bridgehead atoms. The van der Waals surface area contributed by atoms with Crippen LogP contribution in [-0.4, -0.2) is 11.5 Å². The van der Waals surface area contributed by atoms with Crippen molar-refractivity contribution in [3.63, 3.8) is 0 Å². The van der Waals surface area contributed by atoms with Crippen LogP contribution in [0.3, 0.4) is 0 Å². The van der Waals surface area contributed by atoms with Gasteiger partial charge in [-0.15, -0.1) is 0 Å². The van der Waals surface area contributed by atoms with Crippen molar-refractivity contribution in [2.24, 2.45) is 0 Å². The molecular weight excluding hydrogens is 284 g/mol. The summed E-state index contributed by atoms with van der Waals surface area (Å²) in [5.41, 5.74) is 0.581. The van der Waals surface area contributed by atoms with Crippen molar-refractivity contribution in [3.8, 4) is 0 Å². The Morgan fingerprint density at radius 1 is 1.15 bits per heavy atom. The summed E-state index contributed by atoms with van der Waals surface area (Å²) in [6.07, 6.45) is 0.815. The number of halogens is 3. The average molecular weight is 298 g/mol. The van der Waals surface area contributed by atoms with Crippen molar-refractivity contribution in [1.82, 2.24) is 4.98 Å². The minimum Gasteiger partial charge on any atom is -0.368 e. The molecule has 0 saturated heterocycles. The van der Waals surface area contributed by atoms with E-state index in [9.17, 15) is 8.78 Å². The second-order valence-electron chi connectivity index (χ2n) is 4.21. The van der Waals surface area contributed by atoms with Gasteiger partial charge in [0.15, 0.2) is 23.3 Å². The van der Waals surface area contributed by atoms with E-state index < -0.39 is 11.6 Å². The quantitative estimate of drug-likeness (QED) is 0.848. The molecule has 3 nitrogen and oxygen atoms in total. The fraction of sp³-hybridized carbons (Fsp3) is 0.214. The summed E-state index contributed by atoms with van der Waals surface area (Å²) >= 11 is 5.85. The number of nitrogens with zero attached hydrogens (tertiary/aromatic N) is 1. The number of hydrogen-bond acceptors (Lipinski definition) is 3. The summed E-state index contributed by atoms with van der Waals surface area (Å²) < 4.78 is 27.3. The van der Waals surface area contributed by atoms with Crippen LogP contribution < -0.4 is 10.6 Å². The number of aromatic nitrogens is 1. The molecule has 0 saturated carbocycles. The molecule has 0 spiro atoms. The number of benzene rings is 1. The molecule has 0 radical (unpaired) electrons. The first-order valence-electron chi connectivity index (χ1n) is 6.22. The topological polar surface area (TPSA) is 37.0 Å². The van der Waals surface area contributed by atoms with E-state index in [-0.39, 0.29) is 11.6 Å². The first-order valence-corrected chi connectivity index (χ1v) is 6.60. The largest absolute Gasteiger partial charge is 0.368 e. The molecule has 2 rings (SSSR count). The predicted molar refractivity (Wildman–Crippen MR) is 77.7 cm³/mol. The lowest BCUT2D eigenvalue weighted by Crippen LogP contribution is -2.07. The maximum atomic E-state index is 13.7. The van der Waals surface area contributed by atoms with Crippen LogP contribution in [0, 0.1) is 11.6 Å². The molecule has 0 fully saturated rings. The molecule has 1 heterocycles. The molecule has 1 aromatic heterocycles. The molecule has 0 unspecified atom stereocenters. The summed E-state index contributed by atoms with van der Waals surface area (Å²) in [6, 6.07) is 7.58. The Kier molecular flexibility index (Phi) is 4.74. The zero-order chi connectivity index (χ0) is 14.5. The third kappa shape index (κ3) is 3.57. The molecule has 2 N–H and O–H groups in total. The highest BCUT2D eigenvalue weighted by Gasteiger charge is 2.11. The monoisotopic (exact) mass is 297 g/mol. The van der Waals surface area contributed by atoms with E-state index in [4.69, 9.17) is 11.6 Å². The van der Waals surface area contributed by atoms with Gasteiger partial charge in [-0.05, 0) is 24.6 Å². The van der Waals surface area contributed by atoms with Crippen LogP contribution in [0.2, 0.25) is 5.02 Å². The lowest BCUT2D eigenvalue weighted by Gasteiger charge is -2.11. The van der Waals surface area contributed by atoms with E-state index in [2.05, 4.69) is 15.6 Å². The smallest absolute Gasteiger partial charge is 0.169 e. The van der Waals surface area contributed by atoms with Crippen LogP contribution in [0.1, 0.15) is 13.3 Å². The molecule has 20 heavy (non-hydrogen) atoms. The highest BCUT2D eigenvalue weighted by atomic mass is 35.5. The van der Waals surface area contributed by atoms with Gasteiger partial charge >= 0.3 is 0 Å². The molecule has 0 atom stereocenters. The SMILES string of the molecule is CCCNc1nc(Nc2cccc(Cl)c2)c(F)cc1F. The van der Waals surface area contributed by atoms with Crippen LogP contribution in [0.5, 0.6) is 0 Å². The van der Waals surface area contributed by atoms with Crippen LogP contribution in [-0.2, 0) is 0 Å². The van der Waals surface area contributed by atoms with Crippen LogP contribution >= 0.6 is 11.6 Å². The van der Waals surface area contributed by atoms with Crippen LogP contribution in [0.25, 0.3) is 0 Å². The Labute approximate surface area is 121 Å². The number of anilines is 3. The highest BCUT2D eigenvalue weighted by molar-refractivity contribution is 6.30. The van der Waals surface area contributed by atoms with Crippen molar-refractivity contribution in [1.29, 1.82) is 0 Å². The van der Waals surface area contributed by atoms with E-state index in [1.54, 1.807) is 24.3 Å². The van der Waals surface area contributed by atoms with Crippen molar-refractivity contribution in [2.45, 2.75) is 13.3 Å². The van der Waals surface area contributed by atoms with Gasteiger partial charge in [0.05, 0.1) is 0 Å². The minimum absolute atomic E-state index is 0.0257. The molecule has 0 amide bonds. The maximum absolute atomic E-state index is 13.7. The van der Waals surface area contributed by atoms with Gasteiger partial charge in [-0.2, -0.15) is 0 Å². The van der Waals surface area contributed by atoms with Gasteiger partial charge in [-0.1, -0.05) is 24.6 Å².